The molecule has 1 aliphatic rings. The maximum atomic E-state index is 12.1. The van der Waals surface area contributed by atoms with Gasteiger partial charge in [-0.1, -0.05) is 35.5 Å². The average Bonchev–Trinajstić information content (AvgIpc) is 3.18. The van der Waals surface area contributed by atoms with Gasteiger partial charge >= 0.3 is 6.03 Å². The highest BCUT2D eigenvalue weighted by Crippen LogP contribution is 2.24. The third-order valence-corrected chi connectivity index (χ3v) is 4.74. The van der Waals surface area contributed by atoms with Crippen LogP contribution in [-0.4, -0.2) is 50.4 Å². The summed E-state index contributed by atoms with van der Waals surface area (Å²) in [5.41, 5.74) is 2.16. The predicted octanol–water partition coefficient (Wildman–Crippen LogP) is 1.92. The first kappa shape index (κ1) is 16.5. The fraction of sp³-hybridized carbons (Fsp3) is 0.375. The zero-order valence-electron chi connectivity index (χ0n) is 13.7. The van der Waals surface area contributed by atoms with Crippen LogP contribution in [0.15, 0.2) is 29.4 Å². The molecule has 2 heterocycles. The molecule has 0 aliphatic carbocycles. The number of carbonyl (C=O) groups excluding carboxylic acids is 2. The maximum absolute atomic E-state index is 12.1. The van der Waals surface area contributed by atoms with E-state index in [1.165, 1.54) is 16.7 Å². The number of benzene rings is 1. The summed E-state index contributed by atoms with van der Waals surface area (Å²) in [6.45, 7) is 5.69. The van der Waals surface area contributed by atoms with Gasteiger partial charge in [-0.05, 0) is 19.9 Å². The van der Waals surface area contributed by atoms with Crippen LogP contribution in [0, 0.1) is 6.92 Å². The lowest BCUT2D eigenvalue weighted by Crippen LogP contribution is -2.35. The quantitative estimate of drug-likeness (QED) is 0.838. The summed E-state index contributed by atoms with van der Waals surface area (Å²) in [6, 6.07) is 7.76. The van der Waals surface area contributed by atoms with Crippen molar-refractivity contribution in [2.24, 2.45) is 0 Å². The molecule has 7 nitrogen and oxygen atoms in total. The zero-order valence-corrected chi connectivity index (χ0v) is 14.5. The van der Waals surface area contributed by atoms with E-state index in [4.69, 9.17) is 0 Å². The third kappa shape index (κ3) is 3.28. The van der Waals surface area contributed by atoms with Gasteiger partial charge in [-0.2, -0.15) is 0 Å². The third-order valence-electron chi connectivity index (χ3n) is 3.79. The Bertz CT molecular complexity index is 774. The van der Waals surface area contributed by atoms with Gasteiger partial charge in [-0.15, -0.1) is 10.2 Å². The summed E-state index contributed by atoms with van der Waals surface area (Å²) in [6.07, 6.45) is 0. The van der Waals surface area contributed by atoms with Crippen LogP contribution < -0.4 is 5.32 Å². The van der Waals surface area contributed by atoms with Gasteiger partial charge in [0, 0.05) is 25.2 Å². The molecule has 3 rings (SSSR count). The number of urea groups is 1. The van der Waals surface area contributed by atoms with Gasteiger partial charge in [0.1, 0.15) is 0 Å². The number of hydrogen-bond donors (Lipinski definition) is 1. The summed E-state index contributed by atoms with van der Waals surface area (Å²) < 4.78 is 1.98. The van der Waals surface area contributed by atoms with Crippen molar-refractivity contribution in [3.05, 3.63) is 29.8 Å². The highest BCUT2D eigenvalue weighted by Gasteiger charge is 2.26. The minimum Gasteiger partial charge on any atom is -0.336 e. The lowest BCUT2D eigenvalue weighted by Gasteiger charge is -2.12. The van der Waals surface area contributed by atoms with Gasteiger partial charge in [0.25, 0.3) is 0 Å². The van der Waals surface area contributed by atoms with Crippen molar-refractivity contribution >= 4 is 23.7 Å². The van der Waals surface area contributed by atoms with Crippen LogP contribution in [0.3, 0.4) is 0 Å². The normalized spacial score (nSPS) is 14.1. The SMILES string of the molecule is CCn1c(SCC(=O)N2CCNC2=O)nnc1-c1cccc(C)c1. The Morgan fingerprint density at radius 3 is 2.88 bits per heavy atom. The first-order valence-electron chi connectivity index (χ1n) is 7.81. The highest BCUT2D eigenvalue weighted by molar-refractivity contribution is 7.99. The number of carbonyl (C=O) groups is 2. The molecule has 0 unspecified atom stereocenters. The van der Waals surface area contributed by atoms with Crippen molar-refractivity contribution < 1.29 is 9.59 Å². The Labute approximate surface area is 144 Å². The standard InChI is InChI=1S/C16H19N5O2S/c1-3-20-14(12-6-4-5-11(2)9-12)18-19-16(20)24-10-13(22)21-8-7-17-15(21)23/h4-6,9H,3,7-8,10H2,1-2H3,(H,17,23). The summed E-state index contributed by atoms with van der Waals surface area (Å²) in [7, 11) is 0. The molecule has 126 valence electrons. The van der Waals surface area contributed by atoms with Gasteiger partial charge in [0.15, 0.2) is 11.0 Å². The maximum Gasteiger partial charge on any atom is 0.324 e. The number of nitrogens with one attached hydrogen (secondary N) is 1. The molecule has 0 bridgehead atoms. The summed E-state index contributed by atoms with van der Waals surface area (Å²) in [5.74, 6) is 0.743. The van der Waals surface area contributed by atoms with E-state index in [1.54, 1.807) is 0 Å². The van der Waals surface area contributed by atoms with E-state index in [0.29, 0.717) is 24.8 Å². The van der Waals surface area contributed by atoms with E-state index in [0.717, 1.165) is 17.0 Å². The van der Waals surface area contributed by atoms with E-state index in [9.17, 15) is 9.59 Å². The largest absolute Gasteiger partial charge is 0.336 e. The van der Waals surface area contributed by atoms with Gasteiger partial charge < -0.3 is 9.88 Å². The zero-order chi connectivity index (χ0) is 17.1. The van der Waals surface area contributed by atoms with Crippen LogP contribution in [0.25, 0.3) is 11.4 Å². The van der Waals surface area contributed by atoms with Crippen molar-refractivity contribution in [3.8, 4) is 11.4 Å². The molecule has 2 aromatic rings. The number of amides is 3. The van der Waals surface area contributed by atoms with Crippen LogP contribution in [-0.2, 0) is 11.3 Å². The van der Waals surface area contributed by atoms with Gasteiger partial charge in [-0.3, -0.25) is 9.69 Å². The fourth-order valence-corrected chi connectivity index (χ4v) is 3.47. The van der Waals surface area contributed by atoms with Crippen molar-refractivity contribution in [3.63, 3.8) is 0 Å². The lowest BCUT2D eigenvalue weighted by atomic mass is 10.1. The van der Waals surface area contributed by atoms with Crippen LogP contribution in [0.5, 0.6) is 0 Å². The molecular formula is C16H19N5O2S. The molecule has 24 heavy (non-hydrogen) atoms. The van der Waals surface area contributed by atoms with Gasteiger partial charge in [-0.25, -0.2) is 4.79 Å². The summed E-state index contributed by atoms with van der Waals surface area (Å²) in [5, 5.41) is 11.8. The fourth-order valence-electron chi connectivity index (χ4n) is 2.59. The van der Waals surface area contributed by atoms with E-state index in [2.05, 4.69) is 21.6 Å². The Morgan fingerprint density at radius 2 is 2.21 bits per heavy atom. The van der Waals surface area contributed by atoms with E-state index >= 15 is 0 Å². The van der Waals surface area contributed by atoms with Crippen molar-refractivity contribution in [2.75, 3.05) is 18.8 Å². The van der Waals surface area contributed by atoms with Crippen molar-refractivity contribution in [1.29, 1.82) is 0 Å². The topological polar surface area (TPSA) is 80.1 Å². The smallest absolute Gasteiger partial charge is 0.324 e. The van der Waals surface area contributed by atoms with Crippen LogP contribution in [0.1, 0.15) is 12.5 Å². The summed E-state index contributed by atoms with van der Waals surface area (Å²) >= 11 is 1.31. The van der Waals surface area contributed by atoms with Gasteiger partial charge in [0.05, 0.1) is 5.75 Å². The highest BCUT2D eigenvalue weighted by atomic mass is 32.2. The number of nitrogens with zero attached hydrogens (tertiary/aromatic N) is 4. The molecule has 1 aromatic carbocycles. The van der Waals surface area contributed by atoms with E-state index in [1.807, 2.05) is 36.6 Å². The monoisotopic (exact) mass is 345 g/mol. The molecule has 1 fully saturated rings. The second-order valence-electron chi connectivity index (χ2n) is 5.49. The first-order valence-corrected chi connectivity index (χ1v) is 8.80. The lowest BCUT2D eigenvalue weighted by molar-refractivity contribution is -0.124. The predicted molar refractivity (Wildman–Crippen MR) is 91.7 cm³/mol. The molecular weight excluding hydrogens is 326 g/mol. The Kier molecular flexibility index (Phi) is 4.84. The molecule has 0 saturated carbocycles. The first-order chi connectivity index (χ1) is 11.6. The molecule has 1 aliphatic heterocycles. The van der Waals surface area contributed by atoms with Crippen LogP contribution in [0.2, 0.25) is 0 Å². The minimum absolute atomic E-state index is 0.166. The number of aryl methyl sites for hydroxylation is 1. The number of imide groups is 1. The van der Waals surface area contributed by atoms with Crippen molar-refractivity contribution in [2.45, 2.75) is 25.5 Å². The number of aromatic nitrogens is 3. The molecule has 1 aromatic heterocycles. The molecule has 1 saturated heterocycles. The second kappa shape index (κ2) is 7.04. The number of thioether (sulfide) groups is 1. The molecule has 1 N–H and O–H groups in total. The number of rotatable bonds is 5. The van der Waals surface area contributed by atoms with E-state index < -0.39 is 0 Å². The Balaban J connectivity index is 1.75. The van der Waals surface area contributed by atoms with Gasteiger partial charge in [0.2, 0.25) is 5.91 Å². The van der Waals surface area contributed by atoms with Crippen LogP contribution in [0.4, 0.5) is 4.79 Å². The Morgan fingerprint density at radius 1 is 1.38 bits per heavy atom. The number of hydrogen-bond acceptors (Lipinski definition) is 5. The molecule has 3 amide bonds. The average molecular weight is 345 g/mol. The molecule has 0 spiro atoms. The molecule has 0 radical (unpaired) electrons. The van der Waals surface area contributed by atoms with Crippen molar-refractivity contribution in [1.82, 2.24) is 25.0 Å². The Hall–Kier alpha value is -2.35. The molecule has 8 heteroatoms. The second-order valence-corrected chi connectivity index (χ2v) is 6.43. The molecule has 0 atom stereocenters. The van der Waals surface area contributed by atoms with Crippen LogP contribution >= 0.6 is 11.8 Å². The van der Waals surface area contributed by atoms with E-state index in [-0.39, 0.29) is 17.7 Å². The minimum atomic E-state index is -0.321. The summed E-state index contributed by atoms with van der Waals surface area (Å²) in [4.78, 5) is 24.9.